The van der Waals surface area contributed by atoms with E-state index in [1.165, 1.54) is 13.3 Å². The molecular weight excluding hydrogens is 270 g/mol. The molecule has 2 aromatic rings. The van der Waals surface area contributed by atoms with E-state index in [1.54, 1.807) is 17.7 Å². The third-order valence-electron chi connectivity index (χ3n) is 3.28. The second-order valence-electron chi connectivity index (χ2n) is 4.38. The summed E-state index contributed by atoms with van der Waals surface area (Å²) in [5, 5.41) is 9.11. The summed E-state index contributed by atoms with van der Waals surface area (Å²) in [6.45, 7) is 1.86. The van der Waals surface area contributed by atoms with Crippen molar-refractivity contribution in [2.75, 3.05) is 20.0 Å². The molecule has 6 nitrogen and oxygen atoms in total. The zero-order valence-electron chi connectivity index (χ0n) is 12.0. The Hall–Kier alpha value is -2.94. The quantitative estimate of drug-likeness (QED) is 0.871. The van der Waals surface area contributed by atoms with Crippen LogP contribution in [0.1, 0.15) is 21.6 Å². The van der Waals surface area contributed by atoms with Crippen molar-refractivity contribution in [3.05, 3.63) is 41.2 Å². The molecule has 0 aliphatic heterocycles. The third kappa shape index (κ3) is 2.30. The molecule has 108 valence electrons. The average molecular weight is 285 g/mol. The number of nitrogens with two attached hydrogens (primary N) is 1. The molecule has 0 fully saturated rings. The molecule has 0 spiro atoms. The van der Waals surface area contributed by atoms with Crippen molar-refractivity contribution in [2.24, 2.45) is 0 Å². The normalized spacial score (nSPS) is 10.0. The first kappa shape index (κ1) is 14.5. The van der Waals surface area contributed by atoms with E-state index in [-0.39, 0.29) is 16.9 Å². The highest BCUT2D eigenvalue weighted by Gasteiger charge is 2.22. The van der Waals surface area contributed by atoms with Crippen molar-refractivity contribution >= 4 is 11.7 Å². The Morgan fingerprint density at radius 3 is 2.67 bits per heavy atom. The lowest BCUT2D eigenvalue weighted by Gasteiger charge is -2.13. The lowest BCUT2D eigenvalue weighted by atomic mass is 10.1. The lowest BCUT2D eigenvalue weighted by Crippen LogP contribution is -2.12. The fourth-order valence-corrected chi connectivity index (χ4v) is 2.19. The van der Waals surface area contributed by atoms with Crippen molar-refractivity contribution in [3.8, 4) is 17.5 Å². The van der Waals surface area contributed by atoms with E-state index in [0.29, 0.717) is 11.4 Å². The van der Waals surface area contributed by atoms with Gasteiger partial charge in [0.05, 0.1) is 31.2 Å². The fraction of sp³-hybridized carbons (Fsp3) is 0.200. The average Bonchev–Trinajstić information content (AvgIpc) is 2.83. The first-order valence-electron chi connectivity index (χ1n) is 6.18. The number of aromatic nitrogens is 1. The maximum Gasteiger partial charge on any atom is 0.357 e. The Labute approximate surface area is 122 Å². The molecule has 0 aliphatic rings. The second kappa shape index (κ2) is 5.59. The van der Waals surface area contributed by atoms with E-state index in [1.807, 2.05) is 25.1 Å². The monoisotopic (exact) mass is 285 g/mol. The Kier molecular flexibility index (Phi) is 3.85. The summed E-state index contributed by atoms with van der Waals surface area (Å²) in [6, 6.07) is 7.39. The highest BCUT2D eigenvalue weighted by Crippen LogP contribution is 2.29. The van der Waals surface area contributed by atoms with Crippen LogP contribution in [0.25, 0.3) is 5.69 Å². The van der Waals surface area contributed by atoms with E-state index >= 15 is 0 Å². The molecule has 0 amide bonds. The zero-order chi connectivity index (χ0) is 15.6. The van der Waals surface area contributed by atoms with E-state index < -0.39 is 5.97 Å². The fourth-order valence-electron chi connectivity index (χ4n) is 2.19. The minimum Gasteiger partial charge on any atom is -0.496 e. The molecular formula is C15H15N3O3. The Balaban J connectivity index is 2.76. The van der Waals surface area contributed by atoms with Crippen molar-refractivity contribution in [3.63, 3.8) is 0 Å². The maximum absolute atomic E-state index is 12.0. The van der Waals surface area contributed by atoms with Gasteiger partial charge in [-0.25, -0.2) is 4.79 Å². The standard InChI is InChI=1S/C15H15N3O3/c1-9-11(5-4-6-12(9)20-2)18-8-10(7-16)13(17)14(18)15(19)21-3/h4-6,8H,17H2,1-3H3. The van der Waals surface area contributed by atoms with Crippen LogP contribution in [0.5, 0.6) is 5.75 Å². The number of carbonyl (C=O) groups is 1. The first-order chi connectivity index (χ1) is 10.0. The molecule has 0 bridgehead atoms. The molecule has 0 saturated heterocycles. The number of hydrogen-bond donors (Lipinski definition) is 1. The van der Waals surface area contributed by atoms with Gasteiger partial charge in [0.15, 0.2) is 5.69 Å². The van der Waals surface area contributed by atoms with Crippen LogP contribution < -0.4 is 10.5 Å². The minimum absolute atomic E-state index is 0.103. The summed E-state index contributed by atoms with van der Waals surface area (Å²) < 4.78 is 11.6. The van der Waals surface area contributed by atoms with Crippen molar-refractivity contribution < 1.29 is 14.3 Å². The number of anilines is 1. The van der Waals surface area contributed by atoms with Gasteiger partial charge in [0, 0.05) is 11.8 Å². The number of nitrogen functional groups attached to an aromatic ring is 1. The topological polar surface area (TPSA) is 90.3 Å². The molecule has 1 aromatic carbocycles. The summed E-state index contributed by atoms with van der Waals surface area (Å²) >= 11 is 0. The maximum atomic E-state index is 12.0. The molecule has 1 heterocycles. The summed E-state index contributed by atoms with van der Waals surface area (Å²) in [5.74, 6) is 0.0744. The highest BCUT2D eigenvalue weighted by atomic mass is 16.5. The number of ether oxygens (including phenoxy) is 2. The van der Waals surface area contributed by atoms with Crippen LogP contribution in [0.15, 0.2) is 24.4 Å². The van der Waals surface area contributed by atoms with Gasteiger partial charge in [-0.15, -0.1) is 0 Å². The summed E-state index contributed by atoms with van der Waals surface area (Å²) in [5.41, 5.74) is 7.85. The number of carbonyl (C=O) groups excluding carboxylic acids is 1. The number of methoxy groups -OCH3 is 2. The summed E-state index contributed by atoms with van der Waals surface area (Å²) in [4.78, 5) is 12.0. The van der Waals surface area contributed by atoms with Crippen molar-refractivity contribution in [1.82, 2.24) is 4.57 Å². The Morgan fingerprint density at radius 1 is 1.38 bits per heavy atom. The third-order valence-corrected chi connectivity index (χ3v) is 3.28. The van der Waals surface area contributed by atoms with E-state index in [2.05, 4.69) is 0 Å². The number of hydrogen-bond acceptors (Lipinski definition) is 5. The predicted octanol–water partition coefficient (Wildman–Crippen LogP) is 2.03. The molecule has 0 unspecified atom stereocenters. The number of rotatable bonds is 3. The molecule has 0 radical (unpaired) electrons. The second-order valence-corrected chi connectivity index (χ2v) is 4.38. The summed E-state index contributed by atoms with van der Waals surface area (Å²) in [7, 11) is 2.83. The van der Waals surface area contributed by atoms with Gasteiger partial charge in [-0.1, -0.05) is 6.07 Å². The minimum atomic E-state index is -0.601. The molecule has 21 heavy (non-hydrogen) atoms. The van der Waals surface area contributed by atoms with Gasteiger partial charge in [-0.3, -0.25) is 0 Å². The molecule has 0 atom stereocenters. The SMILES string of the molecule is COC(=O)c1c(N)c(C#N)cn1-c1cccc(OC)c1C. The van der Waals surface area contributed by atoms with Crippen molar-refractivity contribution in [1.29, 1.82) is 5.26 Å². The molecule has 0 saturated carbocycles. The molecule has 0 aliphatic carbocycles. The summed E-state index contributed by atoms with van der Waals surface area (Å²) in [6.07, 6.45) is 1.52. The van der Waals surface area contributed by atoms with Gasteiger partial charge in [0.25, 0.3) is 0 Å². The number of nitriles is 1. The van der Waals surface area contributed by atoms with Gasteiger partial charge in [0.2, 0.25) is 0 Å². The van der Waals surface area contributed by atoms with Crippen LogP contribution >= 0.6 is 0 Å². The predicted molar refractivity (Wildman–Crippen MR) is 77.5 cm³/mol. The van der Waals surface area contributed by atoms with Crippen LogP contribution in [-0.4, -0.2) is 24.8 Å². The molecule has 2 N–H and O–H groups in total. The Morgan fingerprint density at radius 2 is 2.10 bits per heavy atom. The zero-order valence-corrected chi connectivity index (χ0v) is 12.0. The van der Waals surface area contributed by atoms with Crippen LogP contribution in [0.2, 0.25) is 0 Å². The highest BCUT2D eigenvalue weighted by molar-refractivity contribution is 5.96. The van der Waals surface area contributed by atoms with Crippen molar-refractivity contribution in [2.45, 2.75) is 6.92 Å². The van der Waals surface area contributed by atoms with Crippen LogP contribution in [0, 0.1) is 18.3 Å². The lowest BCUT2D eigenvalue weighted by molar-refractivity contribution is 0.0593. The van der Waals surface area contributed by atoms with Crippen LogP contribution in [0.3, 0.4) is 0 Å². The van der Waals surface area contributed by atoms with Gasteiger partial charge >= 0.3 is 5.97 Å². The number of nitrogens with zero attached hydrogens (tertiary/aromatic N) is 2. The first-order valence-corrected chi connectivity index (χ1v) is 6.18. The Bertz CT molecular complexity index is 741. The van der Waals surface area contributed by atoms with Crippen LogP contribution in [-0.2, 0) is 4.74 Å². The largest absolute Gasteiger partial charge is 0.496 e. The van der Waals surface area contributed by atoms with Crippen LogP contribution in [0.4, 0.5) is 5.69 Å². The molecule has 2 rings (SSSR count). The van der Waals surface area contributed by atoms with Gasteiger partial charge in [-0.2, -0.15) is 5.26 Å². The van der Waals surface area contributed by atoms with E-state index in [4.69, 9.17) is 20.5 Å². The van der Waals surface area contributed by atoms with E-state index in [9.17, 15) is 4.79 Å². The molecule has 1 aromatic heterocycles. The van der Waals surface area contributed by atoms with E-state index in [0.717, 1.165) is 5.56 Å². The smallest absolute Gasteiger partial charge is 0.357 e. The van der Waals surface area contributed by atoms with Gasteiger partial charge in [-0.05, 0) is 19.1 Å². The van der Waals surface area contributed by atoms with Gasteiger partial charge < -0.3 is 19.8 Å². The number of benzene rings is 1. The number of esters is 1. The molecule has 6 heteroatoms. The van der Waals surface area contributed by atoms with Gasteiger partial charge in [0.1, 0.15) is 11.8 Å².